The second kappa shape index (κ2) is 62.7. The summed E-state index contributed by atoms with van der Waals surface area (Å²) < 4.78 is 35.5. The molecular weight excluding hydrogens is 1820 g/mol. The Hall–Kier alpha value is -13.4. The number of ketones is 2. The van der Waals surface area contributed by atoms with Crippen LogP contribution in [0.4, 0.5) is 10.8 Å². The fourth-order valence-corrected chi connectivity index (χ4v) is 13.8. The molecule has 0 unspecified atom stereocenters. The lowest BCUT2D eigenvalue weighted by Gasteiger charge is -2.09. The average Bonchev–Trinajstić information content (AvgIpc) is 1.62. The number of amides is 5. The summed E-state index contributed by atoms with van der Waals surface area (Å²) in [7, 11) is 0.900. The summed E-state index contributed by atoms with van der Waals surface area (Å²) >= 11 is 1.37. The minimum absolute atomic E-state index is 0. The third-order valence-electron chi connectivity index (χ3n) is 17.9. The molecular formula is C115H158N14O11S2. The summed E-state index contributed by atoms with van der Waals surface area (Å²) in [6, 6.07) is 65.3. The highest BCUT2D eigenvalue weighted by atomic mass is 32.2. The molecule has 142 heavy (non-hydrogen) atoms. The number of fused-ring (bicyclic) bond motifs is 3. The molecule has 0 fully saturated rings. The Morgan fingerprint density at radius 1 is 0.521 bits per heavy atom. The number of benzene rings is 7. The number of para-hydroxylation sites is 2. The standard InChI is InChI=1S/C22H22N2O2.C18H16N2O3S.C17H16N4O3S.C17H23N3O.C15H17N3O2.5C5H12.CH4/c1-23-21(25)13-12-19-9-5-15-24(22(19)26)14-4-6-17-10-11-18-7-2-3-8-20(18)16-17;1-19-18(21)10-9-14-5-4-7-16(13-14)24(22,23)20-12-11-15-6-2-3-8-17(15)20;1-18-16(23)13-9-12(24-21-13)7-8-15(22)20-17-19-14(10-25-17)11-5-3-2-4-6-11;1-2-16(21)19-12-5-3-4-11-18-15-10-6-8-14-9-7-13-20-17(14)15;1-2-14(19)9-15(20)8-13-11-18(17-16-13)10-12-6-4-3-5-7-12;5*1-5(2,3)4;/h2-3,5,7-13,15-16H,4,6,14H2,1H3,(H,23,25);2-13H,1H3,(H,19,21);2-6,9-10H,7-8H2,1H3,(H,18,23)(H,19,20,22);6-10,13,18H,2-5,11-12H2,1H3,(H,19,21);3-7,11H,2,8-10H2,1H3;5*1-4H3;1H4/b13-12+;10-9+;;;;;;;;;. The fourth-order valence-electron chi connectivity index (χ4n) is 11.7. The monoisotopic (exact) mass is 1980 g/mol. The maximum absolute atomic E-state index is 12.9. The van der Waals surface area contributed by atoms with Crippen molar-refractivity contribution in [3.05, 3.63) is 298 Å². The van der Waals surface area contributed by atoms with Crippen LogP contribution in [0.5, 0.6) is 0 Å². The molecule has 0 bridgehead atoms. The lowest BCUT2D eigenvalue weighted by atomic mass is 10.0. The number of aromatic nitrogens is 8. The van der Waals surface area contributed by atoms with E-state index in [9.17, 15) is 46.8 Å². The molecule has 5 amide bonds. The number of hydrogen-bond donors (Lipinski definition) is 6. The molecule has 766 valence electrons. The summed E-state index contributed by atoms with van der Waals surface area (Å²) in [6.07, 6.45) is 19.5. The van der Waals surface area contributed by atoms with Crippen molar-refractivity contribution in [3.63, 3.8) is 0 Å². The number of carbonyl (C=O) groups excluding carboxylic acids is 7. The minimum atomic E-state index is -3.71. The Morgan fingerprint density at radius 2 is 1.10 bits per heavy atom. The van der Waals surface area contributed by atoms with Crippen LogP contribution in [-0.4, -0.2) is 122 Å². The van der Waals surface area contributed by atoms with Gasteiger partial charge < -0.3 is 41.0 Å². The van der Waals surface area contributed by atoms with Crippen LogP contribution in [0.1, 0.15) is 255 Å². The van der Waals surface area contributed by atoms with Crippen LogP contribution in [0.3, 0.4) is 0 Å². The van der Waals surface area contributed by atoms with Crippen LogP contribution in [0.15, 0.2) is 263 Å². The molecule has 27 heteroatoms. The highest BCUT2D eigenvalue weighted by Gasteiger charge is 2.21. The van der Waals surface area contributed by atoms with Crippen molar-refractivity contribution in [3.8, 4) is 11.3 Å². The van der Waals surface area contributed by atoms with Gasteiger partial charge >= 0.3 is 0 Å². The lowest BCUT2D eigenvalue weighted by molar-refractivity contribution is -0.127. The van der Waals surface area contributed by atoms with E-state index in [0.717, 1.165) is 84.0 Å². The molecule has 6 heterocycles. The number of rotatable bonds is 31. The quantitative estimate of drug-likeness (QED) is 0.0134. The molecule has 0 aliphatic rings. The minimum Gasteiger partial charge on any atom is -0.383 e. The summed E-state index contributed by atoms with van der Waals surface area (Å²) in [4.78, 5) is 101. The van der Waals surface area contributed by atoms with Gasteiger partial charge in [-0.25, -0.2) is 22.1 Å². The fraction of sp³-hybridized carbons (Fsp3) is 0.400. The molecule has 0 spiro atoms. The lowest BCUT2D eigenvalue weighted by Crippen LogP contribution is -2.23. The summed E-state index contributed by atoms with van der Waals surface area (Å²) in [5, 5.41) is 35.1. The highest BCUT2D eigenvalue weighted by Crippen LogP contribution is 2.28. The molecule has 25 nitrogen and oxygen atoms in total. The number of pyridine rings is 2. The van der Waals surface area contributed by atoms with E-state index >= 15 is 0 Å². The van der Waals surface area contributed by atoms with Crippen LogP contribution >= 0.6 is 11.3 Å². The number of hydrogen-bond acceptors (Lipinski definition) is 18. The zero-order chi connectivity index (χ0) is 105. The van der Waals surface area contributed by atoms with Crippen LogP contribution in [-0.2, 0) is 71.1 Å². The van der Waals surface area contributed by atoms with E-state index in [1.54, 1.807) is 102 Å². The van der Waals surface area contributed by atoms with E-state index in [2.05, 4.69) is 244 Å². The Labute approximate surface area is 849 Å². The van der Waals surface area contributed by atoms with Gasteiger partial charge in [0.15, 0.2) is 10.8 Å². The van der Waals surface area contributed by atoms with E-state index in [4.69, 9.17) is 4.52 Å². The van der Waals surface area contributed by atoms with Crippen molar-refractivity contribution < 1.29 is 46.5 Å². The average molecular weight is 1980 g/mol. The van der Waals surface area contributed by atoms with Gasteiger partial charge in [0.1, 0.15) is 17.3 Å². The molecule has 13 aromatic rings. The molecule has 0 atom stereocenters. The second-order valence-electron chi connectivity index (χ2n) is 41.3. The van der Waals surface area contributed by atoms with Gasteiger partial charge in [0.05, 0.1) is 52.4 Å². The number of anilines is 2. The highest BCUT2D eigenvalue weighted by molar-refractivity contribution is 7.90. The Kier molecular flexibility index (Phi) is 54.2. The topological polar surface area (TPSA) is 335 Å². The first-order chi connectivity index (χ1) is 66.3. The van der Waals surface area contributed by atoms with E-state index in [0.29, 0.717) is 92.7 Å². The van der Waals surface area contributed by atoms with E-state index in [1.165, 1.54) is 64.0 Å². The molecule has 7 aromatic carbocycles. The summed E-state index contributed by atoms with van der Waals surface area (Å²) in [5.74, 6) is -0.499. The first kappa shape index (κ1) is 123. The zero-order valence-electron chi connectivity index (χ0n) is 87.8. The van der Waals surface area contributed by atoms with Crippen LogP contribution in [0, 0.1) is 27.1 Å². The van der Waals surface area contributed by atoms with E-state index in [1.807, 2.05) is 122 Å². The number of unbranched alkanes of at least 4 members (excludes halogenated alkanes) is 2. The molecule has 6 aromatic heterocycles. The van der Waals surface area contributed by atoms with Gasteiger partial charge in [0, 0.05) is 137 Å². The van der Waals surface area contributed by atoms with Gasteiger partial charge in [-0.3, -0.25) is 43.3 Å². The van der Waals surface area contributed by atoms with Gasteiger partial charge in [0.25, 0.3) is 21.5 Å². The molecule has 0 saturated carbocycles. The van der Waals surface area contributed by atoms with Gasteiger partial charge in [-0.15, -0.1) is 16.4 Å². The predicted molar refractivity (Wildman–Crippen MR) is 588 cm³/mol. The van der Waals surface area contributed by atoms with Crippen molar-refractivity contribution in [2.75, 3.05) is 44.9 Å². The van der Waals surface area contributed by atoms with Crippen LogP contribution < -0.4 is 37.5 Å². The van der Waals surface area contributed by atoms with Gasteiger partial charge in [-0.1, -0.05) is 322 Å². The molecule has 0 radical (unpaired) electrons. The van der Waals surface area contributed by atoms with Gasteiger partial charge in [-0.05, 0) is 147 Å². The number of carbonyl (C=O) groups is 7. The largest absolute Gasteiger partial charge is 0.383 e. The number of thiazole rings is 1. The number of Topliss-reactive ketones (excluding diaryl/α,β-unsaturated/α-hetero) is 2. The van der Waals surface area contributed by atoms with E-state index < -0.39 is 10.0 Å². The Bertz CT molecular complexity index is 6130. The number of nitrogens with zero attached hydrogens (tertiary/aromatic N) is 8. The summed E-state index contributed by atoms with van der Waals surface area (Å²) in [5.41, 5.74) is 11.3. The molecule has 13 rings (SSSR count). The molecule has 0 saturated heterocycles. The molecule has 6 N–H and O–H groups in total. The smallest absolute Gasteiger partial charge is 0.273 e. The Morgan fingerprint density at radius 3 is 1.72 bits per heavy atom. The van der Waals surface area contributed by atoms with Crippen molar-refractivity contribution >= 4 is 118 Å². The second-order valence-corrected chi connectivity index (χ2v) is 44.0. The molecule has 0 aliphatic heterocycles. The number of likely N-dealkylation sites (N-methyl/N-ethyl adjacent to an activating group) is 2. The normalized spacial score (nSPS) is 11.0. The SMILES string of the molecule is C.CC(C)(C)C.CC(C)(C)C.CC(C)(C)C.CC(C)(C)C.CC(C)(C)C.CCC(=O)CC(=O)Cc1cn(Cc2ccccc2)nn1.CCC(=O)NCCCCCNc1cccc2cccnc12.CNC(=O)/C=C/c1cccc(S(=O)(=O)n2ccc3ccccc32)c1.CNC(=O)/C=C/c1cccn(CCCc2ccc3ccccc3c2)c1=O.CNC(=O)c1cc(CCC(=O)Nc2nc(-c3ccccc3)cs2)on1. The zero-order valence-corrected chi connectivity index (χ0v) is 89.5. The van der Waals surface area contributed by atoms with Crippen LogP contribution in [0.25, 0.3) is 56.0 Å². The maximum Gasteiger partial charge on any atom is 0.273 e. The predicted octanol–water partition coefficient (Wildman–Crippen LogP) is 24.8. The maximum atomic E-state index is 12.9. The first-order valence-corrected chi connectivity index (χ1v) is 50.3. The summed E-state index contributed by atoms with van der Waals surface area (Å²) in [6.45, 7) is 50.4. The van der Waals surface area contributed by atoms with Crippen molar-refractivity contribution in [2.24, 2.45) is 27.1 Å². The third-order valence-corrected chi connectivity index (χ3v) is 20.3. The van der Waals surface area contributed by atoms with E-state index in [-0.39, 0.29) is 83.9 Å². The first-order valence-electron chi connectivity index (χ1n) is 48.0. The number of nitrogens with one attached hydrogen (secondary N) is 6. The third kappa shape index (κ3) is 54.4. The van der Waals surface area contributed by atoms with Gasteiger partial charge in [0.2, 0.25) is 23.6 Å². The number of aryl methyl sites for hydroxylation is 3. The van der Waals surface area contributed by atoms with Crippen molar-refractivity contribution in [1.82, 2.24) is 59.9 Å². The Balaban J connectivity index is 0.000000429. The molecule has 0 aliphatic carbocycles. The van der Waals surface area contributed by atoms with Crippen molar-refractivity contribution in [1.29, 1.82) is 0 Å². The van der Waals surface area contributed by atoms with Crippen molar-refractivity contribution in [2.45, 2.75) is 248 Å². The van der Waals surface area contributed by atoms with Gasteiger partial charge in [-0.2, -0.15) is 0 Å². The van der Waals surface area contributed by atoms with Crippen LogP contribution in [0.2, 0.25) is 0 Å².